The fourth-order valence-electron chi connectivity index (χ4n) is 3.92. The zero-order chi connectivity index (χ0) is 26.2. The fourth-order valence-corrected chi connectivity index (χ4v) is 4.65. The number of aliphatic carboxylic acids is 1. The van der Waals surface area contributed by atoms with Gasteiger partial charge in [0.25, 0.3) is 17.4 Å². The average molecular weight is 524 g/mol. The van der Waals surface area contributed by atoms with Gasteiger partial charge >= 0.3 is 12.1 Å². The molecule has 1 aromatic heterocycles. The number of alkyl halides is 3. The Hall–Kier alpha value is -3.94. The molecule has 0 fully saturated rings. The Labute approximate surface area is 205 Å². The number of pyridine rings is 1. The van der Waals surface area contributed by atoms with E-state index in [4.69, 9.17) is 5.11 Å². The van der Waals surface area contributed by atoms with E-state index in [1.54, 1.807) is 11.6 Å². The van der Waals surface area contributed by atoms with Crippen molar-refractivity contribution in [1.29, 1.82) is 0 Å². The van der Waals surface area contributed by atoms with Crippen LogP contribution < -0.4 is 16.2 Å². The standard InChI is InChI=1S/C22H19F3N4O6S/c23-22(24,25)12-3-1-11(2-4-12)8-29-14-10-28(21(35)19-26-5-6-36-19)9-13(14)17(32)16(20(29)34)18(33)27-7-15(30)31/h1-6,19,26,32H,7-10H2,(H,27,33)(H,30,31). The largest absolute Gasteiger partial charge is 0.506 e. The quantitative estimate of drug-likeness (QED) is 0.445. The van der Waals surface area contributed by atoms with Crippen LogP contribution >= 0.6 is 11.8 Å². The summed E-state index contributed by atoms with van der Waals surface area (Å²) in [6.45, 7) is -1.28. The number of nitrogens with one attached hydrogen (secondary N) is 2. The summed E-state index contributed by atoms with van der Waals surface area (Å²) < 4.78 is 39.9. The number of hydrogen-bond donors (Lipinski definition) is 4. The third-order valence-corrected chi connectivity index (χ3v) is 6.56. The van der Waals surface area contributed by atoms with Crippen molar-refractivity contribution in [3.8, 4) is 5.75 Å². The number of carbonyl (C=O) groups is 3. The molecule has 2 aromatic rings. The summed E-state index contributed by atoms with van der Waals surface area (Å²) in [7, 11) is 0. The molecule has 0 radical (unpaired) electrons. The third kappa shape index (κ3) is 4.89. The highest BCUT2D eigenvalue weighted by molar-refractivity contribution is 8.03. The minimum absolute atomic E-state index is 0.0899. The number of amides is 2. The van der Waals surface area contributed by atoms with Gasteiger partial charge in [0.1, 0.15) is 17.9 Å². The van der Waals surface area contributed by atoms with E-state index in [1.807, 2.05) is 5.32 Å². The highest BCUT2D eigenvalue weighted by Gasteiger charge is 2.36. The monoisotopic (exact) mass is 524 g/mol. The van der Waals surface area contributed by atoms with Crippen molar-refractivity contribution < 1.29 is 37.8 Å². The molecule has 3 heterocycles. The van der Waals surface area contributed by atoms with E-state index in [0.29, 0.717) is 5.56 Å². The molecule has 1 atom stereocenters. The van der Waals surface area contributed by atoms with Crippen LogP contribution in [0, 0.1) is 0 Å². The number of aromatic hydroxyl groups is 1. The number of fused-ring (bicyclic) bond motifs is 1. The number of thioether (sulfide) groups is 1. The molecule has 10 nitrogen and oxygen atoms in total. The topological polar surface area (TPSA) is 141 Å². The summed E-state index contributed by atoms with van der Waals surface area (Å²) in [4.78, 5) is 51.0. The first-order valence-electron chi connectivity index (χ1n) is 10.5. The zero-order valence-corrected chi connectivity index (χ0v) is 19.2. The third-order valence-electron chi connectivity index (χ3n) is 5.66. The van der Waals surface area contributed by atoms with Gasteiger partial charge in [0.05, 0.1) is 25.2 Å². The number of hydrogen-bond acceptors (Lipinski definition) is 7. The lowest BCUT2D eigenvalue weighted by Gasteiger charge is -2.19. The van der Waals surface area contributed by atoms with E-state index in [-0.39, 0.29) is 36.8 Å². The molecule has 2 aliphatic heterocycles. The first-order valence-corrected chi connectivity index (χ1v) is 11.4. The lowest BCUT2D eigenvalue weighted by molar-refractivity contribution is -0.138. The van der Waals surface area contributed by atoms with Crippen molar-refractivity contribution in [1.82, 2.24) is 20.1 Å². The second kappa shape index (κ2) is 9.60. The maximum absolute atomic E-state index is 13.3. The number of nitrogens with zero attached hydrogens (tertiary/aromatic N) is 2. The van der Waals surface area contributed by atoms with Crippen molar-refractivity contribution in [2.75, 3.05) is 6.54 Å². The summed E-state index contributed by atoms with van der Waals surface area (Å²) in [5.41, 5.74) is -1.93. The van der Waals surface area contributed by atoms with Gasteiger partial charge in [-0.05, 0) is 23.1 Å². The molecule has 0 saturated heterocycles. The number of halogens is 3. The summed E-state index contributed by atoms with van der Waals surface area (Å²) >= 11 is 1.23. The van der Waals surface area contributed by atoms with Crippen molar-refractivity contribution in [2.45, 2.75) is 31.2 Å². The average Bonchev–Trinajstić information content (AvgIpc) is 3.50. The van der Waals surface area contributed by atoms with Crippen molar-refractivity contribution in [2.24, 2.45) is 0 Å². The Bertz CT molecular complexity index is 1320. The Balaban J connectivity index is 1.74. The Morgan fingerprint density at radius 1 is 1.17 bits per heavy atom. The second-order valence-corrected chi connectivity index (χ2v) is 9.01. The first kappa shape index (κ1) is 25.2. The van der Waals surface area contributed by atoms with Gasteiger partial charge in [0.15, 0.2) is 5.37 Å². The van der Waals surface area contributed by atoms with Gasteiger partial charge in [-0.2, -0.15) is 13.2 Å². The van der Waals surface area contributed by atoms with Crippen molar-refractivity contribution >= 4 is 29.5 Å². The smallest absolute Gasteiger partial charge is 0.416 e. The molecule has 36 heavy (non-hydrogen) atoms. The van der Waals surface area contributed by atoms with E-state index < -0.39 is 52.4 Å². The van der Waals surface area contributed by atoms with E-state index in [2.05, 4.69) is 5.32 Å². The number of benzene rings is 1. The molecule has 1 aromatic carbocycles. The Kier molecular flexibility index (Phi) is 6.71. The molecule has 0 saturated carbocycles. The number of carboxylic acid groups (broad SMARTS) is 1. The number of rotatable bonds is 6. The van der Waals surface area contributed by atoms with Crippen molar-refractivity contribution in [3.05, 3.63) is 74.2 Å². The van der Waals surface area contributed by atoms with E-state index in [1.165, 1.54) is 28.8 Å². The van der Waals surface area contributed by atoms with Crippen LogP contribution in [0.3, 0.4) is 0 Å². The highest BCUT2D eigenvalue weighted by atomic mass is 32.2. The SMILES string of the molecule is O=C(O)CNC(=O)c1c(O)c2c(n(Cc3ccc(C(F)(F)F)cc3)c1=O)CN(C(=O)C1NC=CS1)C2. The minimum atomic E-state index is -4.55. The fraction of sp³-hybridized carbons (Fsp3) is 0.273. The molecule has 0 aliphatic carbocycles. The molecule has 14 heteroatoms. The summed E-state index contributed by atoms with van der Waals surface area (Å²) in [5.74, 6) is -3.53. The second-order valence-electron chi connectivity index (χ2n) is 7.99. The maximum atomic E-state index is 13.3. The lowest BCUT2D eigenvalue weighted by Crippen LogP contribution is -2.39. The van der Waals surface area contributed by atoms with Crippen LogP contribution in [0.4, 0.5) is 13.2 Å². The first-order chi connectivity index (χ1) is 17.0. The van der Waals surface area contributed by atoms with E-state index in [9.17, 15) is 37.5 Å². The molecule has 190 valence electrons. The predicted molar refractivity (Wildman–Crippen MR) is 121 cm³/mol. The molecular formula is C22H19F3N4O6S. The van der Waals surface area contributed by atoms with Crippen LogP contribution in [0.5, 0.6) is 5.75 Å². The van der Waals surface area contributed by atoms with Gasteiger partial charge < -0.3 is 30.3 Å². The van der Waals surface area contributed by atoms with E-state index in [0.717, 1.165) is 16.7 Å². The Morgan fingerprint density at radius 3 is 2.44 bits per heavy atom. The van der Waals surface area contributed by atoms with Gasteiger partial charge in [0, 0.05) is 17.5 Å². The van der Waals surface area contributed by atoms with Crippen LogP contribution in [0.25, 0.3) is 0 Å². The summed E-state index contributed by atoms with van der Waals surface area (Å²) in [5, 5.41) is 25.6. The molecule has 0 spiro atoms. The van der Waals surface area contributed by atoms with Gasteiger partial charge in [-0.25, -0.2) is 0 Å². The number of aromatic nitrogens is 1. The van der Waals surface area contributed by atoms with E-state index >= 15 is 0 Å². The highest BCUT2D eigenvalue weighted by Crippen LogP contribution is 2.34. The zero-order valence-electron chi connectivity index (χ0n) is 18.3. The van der Waals surface area contributed by atoms with Gasteiger partial charge in [-0.3, -0.25) is 19.2 Å². The van der Waals surface area contributed by atoms with Crippen molar-refractivity contribution in [3.63, 3.8) is 0 Å². The van der Waals surface area contributed by atoms with Gasteiger partial charge in [-0.1, -0.05) is 23.9 Å². The molecule has 1 unspecified atom stereocenters. The molecule has 0 bridgehead atoms. The molecule has 2 aliphatic rings. The summed E-state index contributed by atoms with van der Waals surface area (Å²) in [6.07, 6.45) is -2.95. The van der Waals surface area contributed by atoms with Crippen LogP contribution in [0.1, 0.15) is 32.7 Å². The molecule has 2 amide bonds. The van der Waals surface area contributed by atoms with Gasteiger partial charge in [0.2, 0.25) is 0 Å². The molecule has 4 rings (SSSR count). The number of carbonyl (C=O) groups excluding carboxylic acids is 2. The maximum Gasteiger partial charge on any atom is 0.416 e. The van der Waals surface area contributed by atoms with Gasteiger partial charge in [-0.15, -0.1) is 0 Å². The van der Waals surface area contributed by atoms with Crippen LogP contribution in [-0.2, 0) is 35.4 Å². The lowest BCUT2D eigenvalue weighted by atomic mass is 10.1. The minimum Gasteiger partial charge on any atom is -0.506 e. The molecule has 4 N–H and O–H groups in total. The van der Waals surface area contributed by atoms with Crippen LogP contribution in [0.2, 0.25) is 0 Å². The number of carboxylic acids is 1. The summed E-state index contributed by atoms with van der Waals surface area (Å²) in [6, 6.07) is 4.07. The normalized spacial score (nSPS) is 16.5. The predicted octanol–water partition coefficient (Wildman–Crippen LogP) is 1.41. The van der Waals surface area contributed by atoms with Crippen LogP contribution in [-0.4, -0.2) is 49.4 Å². The van der Waals surface area contributed by atoms with Crippen LogP contribution in [0.15, 0.2) is 40.7 Å². The molecular weight excluding hydrogens is 505 g/mol. The Morgan fingerprint density at radius 2 is 1.86 bits per heavy atom.